The summed E-state index contributed by atoms with van der Waals surface area (Å²) in [6.45, 7) is 6.67. The average molecular weight is 376 g/mol. The number of rotatable bonds is 7. The number of amides is 2. The molecule has 0 saturated heterocycles. The Balaban J connectivity index is 1.55. The van der Waals surface area contributed by atoms with E-state index in [1.807, 2.05) is 0 Å². The molecular formula is C20H33N5O2. The van der Waals surface area contributed by atoms with Gasteiger partial charge in [0.25, 0.3) is 0 Å². The number of nitrogens with one attached hydrogen (secondary N) is 2. The van der Waals surface area contributed by atoms with Gasteiger partial charge in [0.2, 0.25) is 11.8 Å². The lowest BCUT2D eigenvalue weighted by Crippen LogP contribution is -2.42. The molecule has 1 fully saturated rings. The summed E-state index contributed by atoms with van der Waals surface area (Å²) < 4.78 is 2.07. The summed E-state index contributed by atoms with van der Waals surface area (Å²) in [6.07, 6.45) is 6.05. The Morgan fingerprint density at radius 2 is 1.93 bits per heavy atom. The summed E-state index contributed by atoms with van der Waals surface area (Å²) in [4.78, 5) is 27.2. The van der Waals surface area contributed by atoms with Gasteiger partial charge in [0, 0.05) is 32.0 Å². The lowest BCUT2D eigenvalue weighted by molar-refractivity contribution is -0.136. The van der Waals surface area contributed by atoms with E-state index in [0.717, 1.165) is 57.6 Å². The van der Waals surface area contributed by atoms with Crippen LogP contribution in [-0.4, -0.2) is 46.6 Å². The van der Waals surface area contributed by atoms with E-state index in [-0.39, 0.29) is 23.7 Å². The number of carbonyl (C=O) groups is 2. The van der Waals surface area contributed by atoms with Crippen LogP contribution in [0.2, 0.25) is 0 Å². The Morgan fingerprint density at radius 3 is 2.63 bits per heavy atom. The van der Waals surface area contributed by atoms with Gasteiger partial charge in [0.05, 0.1) is 24.5 Å². The fraction of sp³-hybridized carbons (Fsp3) is 0.750. The Morgan fingerprint density at radius 1 is 1.19 bits per heavy atom. The van der Waals surface area contributed by atoms with Gasteiger partial charge in [-0.05, 0) is 31.9 Å². The molecule has 7 heteroatoms. The van der Waals surface area contributed by atoms with E-state index < -0.39 is 0 Å². The van der Waals surface area contributed by atoms with Crippen molar-refractivity contribution in [3.05, 3.63) is 17.5 Å². The maximum absolute atomic E-state index is 12.7. The quantitative estimate of drug-likeness (QED) is 0.760. The molecule has 1 aromatic rings. The zero-order valence-corrected chi connectivity index (χ0v) is 16.7. The Kier molecular flexibility index (Phi) is 6.88. The van der Waals surface area contributed by atoms with Crippen molar-refractivity contribution >= 4 is 11.8 Å². The molecular weight excluding hydrogens is 342 g/mol. The van der Waals surface area contributed by atoms with Gasteiger partial charge in [-0.1, -0.05) is 26.2 Å². The fourth-order valence-electron chi connectivity index (χ4n) is 4.29. The van der Waals surface area contributed by atoms with Crippen molar-refractivity contribution in [1.29, 1.82) is 0 Å². The molecule has 27 heavy (non-hydrogen) atoms. The molecule has 2 amide bonds. The standard InChI is InChI=1S/C20H33N5O2/c1-3-4-9-24-10-11-25-16(14-24)12-15(23-25)13-22-20(27)18-8-6-5-7-17(18)19(26)21-2/h12,17-18H,3-11,13-14H2,1-2H3,(H,21,26)(H,22,27)/t17-,18+/m1/s1. The summed E-state index contributed by atoms with van der Waals surface area (Å²) in [5.41, 5.74) is 2.13. The molecule has 2 heterocycles. The normalized spacial score (nSPS) is 22.9. The Hall–Kier alpha value is -1.89. The highest BCUT2D eigenvalue weighted by atomic mass is 16.2. The number of carbonyl (C=O) groups excluding carboxylic acids is 2. The van der Waals surface area contributed by atoms with Crippen LogP contribution >= 0.6 is 0 Å². The molecule has 2 atom stereocenters. The summed E-state index contributed by atoms with van der Waals surface area (Å²) in [7, 11) is 1.64. The molecule has 0 radical (unpaired) electrons. The summed E-state index contributed by atoms with van der Waals surface area (Å²) in [5.74, 6) is -0.454. The summed E-state index contributed by atoms with van der Waals surface area (Å²) >= 11 is 0. The summed E-state index contributed by atoms with van der Waals surface area (Å²) in [6, 6.07) is 2.11. The van der Waals surface area contributed by atoms with Crippen LogP contribution in [0.25, 0.3) is 0 Å². The topological polar surface area (TPSA) is 79.3 Å². The first kappa shape index (κ1) is 19.9. The van der Waals surface area contributed by atoms with Gasteiger partial charge in [-0.3, -0.25) is 19.2 Å². The smallest absolute Gasteiger partial charge is 0.224 e. The number of aromatic nitrogens is 2. The molecule has 3 rings (SSSR count). The second kappa shape index (κ2) is 9.35. The maximum atomic E-state index is 12.7. The molecule has 0 unspecified atom stereocenters. The number of unbranched alkanes of at least 4 members (excludes halogenated alkanes) is 1. The Bertz CT molecular complexity index is 657. The molecule has 1 aliphatic heterocycles. The number of hydrogen-bond acceptors (Lipinski definition) is 4. The molecule has 1 saturated carbocycles. The van der Waals surface area contributed by atoms with Crippen LogP contribution in [0.3, 0.4) is 0 Å². The lowest BCUT2D eigenvalue weighted by atomic mass is 9.78. The second-order valence-corrected chi connectivity index (χ2v) is 7.81. The van der Waals surface area contributed by atoms with Crippen LogP contribution in [0.4, 0.5) is 0 Å². The van der Waals surface area contributed by atoms with Crippen molar-refractivity contribution in [2.24, 2.45) is 11.8 Å². The van der Waals surface area contributed by atoms with Gasteiger partial charge in [-0.15, -0.1) is 0 Å². The maximum Gasteiger partial charge on any atom is 0.224 e. The summed E-state index contributed by atoms with van der Waals surface area (Å²) in [5, 5.41) is 10.4. The third-order valence-electron chi connectivity index (χ3n) is 5.89. The zero-order valence-electron chi connectivity index (χ0n) is 16.7. The van der Waals surface area contributed by atoms with Crippen molar-refractivity contribution in [2.45, 2.75) is 65.1 Å². The van der Waals surface area contributed by atoms with E-state index in [0.29, 0.717) is 6.54 Å². The highest BCUT2D eigenvalue weighted by Gasteiger charge is 2.35. The highest BCUT2D eigenvalue weighted by molar-refractivity contribution is 5.87. The molecule has 0 bridgehead atoms. The minimum atomic E-state index is -0.222. The SMILES string of the molecule is CCCCN1CCn2nc(CNC(=O)[C@H]3CCCC[C@H]3C(=O)NC)cc2C1. The van der Waals surface area contributed by atoms with Crippen LogP contribution in [0.1, 0.15) is 56.8 Å². The van der Waals surface area contributed by atoms with E-state index in [1.54, 1.807) is 7.05 Å². The van der Waals surface area contributed by atoms with E-state index >= 15 is 0 Å². The molecule has 150 valence electrons. The molecule has 2 N–H and O–H groups in total. The fourth-order valence-corrected chi connectivity index (χ4v) is 4.29. The predicted octanol–water partition coefficient (Wildman–Crippen LogP) is 1.67. The third kappa shape index (κ3) is 4.89. The molecule has 7 nitrogen and oxygen atoms in total. The van der Waals surface area contributed by atoms with Gasteiger partial charge in [0.1, 0.15) is 0 Å². The van der Waals surface area contributed by atoms with E-state index in [2.05, 4.69) is 38.3 Å². The van der Waals surface area contributed by atoms with Crippen LogP contribution in [-0.2, 0) is 29.2 Å². The first-order valence-corrected chi connectivity index (χ1v) is 10.4. The minimum absolute atomic E-state index is 0.0144. The molecule has 0 spiro atoms. The van der Waals surface area contributed by atoms with Crippen molar-refractivity contribution < 1.29 is 9.59 Å². The van der Waals surface area contributed by atoms with E-state index in [9.17, 15) is 9.59 Å². The van der Waals surface area contributed by atoms with E-state index in [4.69, 9.17) is 0 Å². The second-order valence-electron chi connectivity index (χ2n) is 7.81. The van der Waals surface area contributed by atoms with Crippen molar-refractivity contribution in [3.8, 4) is 0 Å². The number of nitrogens with zero attached hydrogens (tertiary/aromatic N) is 3. The van der Waals surface area contributed by atoms with Crippen molar-refractivity contribution in [3.63, 3.8) is 0 Å². The molecule has 1 aliphatic carbocycles. The van der Waals surface area contributed by atoms with Crippen LogP contribution in [0.5, 0.6) is 0 Å². The largest absolute Gasteiger partial charge is 0.359 e. The highest BCUT2D eigenvalue weighted by Crippen LogP contribution is 2.30. The van der Waals surface area contributed by atoms with Gasteiger partial charge < -0.3 is 10.6 Å². The van der Waals surface area contributed by atoms with Gasteiger partial charge >= 0.3 is 0 Å². The number of hydrogen-bond donors (Lipinski definition) is 2. The zero-order chi connectivity index (χ0) is 19.2. The van der Waals surface area contributed by atoms with Gasteiger partial charge in [0.15, 0.2) is 0 Å². The van der Waals surface area contributed by atoms with Crippen LogP contribution < -0.4 is 10.6 Å². The average Bonchev–Trinajstić information content (AvgIpc) is 3.12. The minimum Gasteiger partial charge on any atom is -0.359 e. The van der Waals surface area contributed by atoms with Gasteiger partial charge in [-0.25, -0.2) is 0 Å². The van der Waals surface area contributed by atoms with Crippen LogP contribution in [0.15, 0.2) is 6.07 Å². The Labute approximate surface area is 161 Å². The van der Waals surface area contributed by atoms with E-state index in [1.165, 1.54) is 18.5 Å². The predicted molar refractivity (Wildman–Crippen MR) is 104 cm³/mol. The molecule has 2 aliphatic rings. The van der Waals surface area contributed by atoms with Gasteiger partial charge in [-0.2, -0.15) is 5.10 Å². The molecule has 0 aromatic carbocycles. The lowest BCUT2D eigenvalue weighted by Gasteiger charge is -2.29. The first-order chi connectivity index (χ1) is 13.1. The third-order valence-corrected chi connectivity index (χ3v) is 5.89. The molecule has 1 aromatic heterocycles. The van der Waals surface area contributed by atoms with Crippen molar-refractivity contribution in [1.82, 2.24) is 25.3 Å². The monoisotopic (exact) mass is 375 g/mol. The van der Waals surface area contributed by atoms with Crippen LogP contribution in [0, 0.1) is 11.8 Å². The number of fused-ring (bicyclic) bond motifs is 1. The van der Waals surface area contributed by atoms with Crippen molar-refractivity contribution in [2.75, 3.05) is 20.1 Å². The first-order valence-electron chi connectivity index (χ1n) is 10.4.